The molecule has 0 unspecified atom stereocenters. The zero-order valence-corrected chi connectivity index (χ0v) is 11.0. The zero-order chi connectivity index (χ0) is 13.3. The minimum atomic E-state index is -0.952. The number of aliphatic carboxylic acids is 1. The van der Waals surface area contributed by atoms with Gasteiger partial charge in [-0.3, -0.25) is 9.59 Å². The van der Waals surface area contributed by atoms with Crippen molar-refractivity contribution in [2.45, 2.75) is 46.1 Å². The smallest absolute Gasteiger partial charge is 0.323 e. The van der Waals surface area contributed by atoms with Crippen LogP contribution in [0, 0.1) is 0 Å². The summed E-state index contributed by atoms with van der Waals surface area (Å²) in [6.07, 6.45) is 1.94. The number of amides is 1. The van der Waals surface area contributed by atoms with Crippen LogP contribution in [0.4, 0.5) is 0 Å². The van der Waals surface area contributed by atoms with Crippen LogP contribution in [0.1, 0.15) is 40.0 Å². The Morgan fingerprint density at radius 3 is 2.47 bits per heavy atom. The Hall–Kier alpha value is -1.10. The first kappa shape index (κ1) is 15.9. The van der Waals surface area contributed by atoms with Crippen molar-refractivity contribution >= 4 is 11.9 Å². The Kier molecular flexibility index (Phi) is 8.40. The van der Waals surface area contributed by atoms with Crippen molar-refractivity contribution < 1.29 is 14.7 Å². The summed E-state index contributed by atoms with van der Waals surface area (Å²) in [6.45, 7) is 7.15. The lowest BCUT2D eigenvalue weighted by Gasteiger charge is -2.20. The van der Waals surface area contributed by atoms with Crippen molar-refractivity contribution in [1.29, 1.82) is 0 Å². The molecule has 0 fully saturated rings. The van der Waals surface area contributed by atoms with Crippen LogP contribution in [0.2, 0.25) is 0 Å². The summed E-state index contributed by atoms with van der Waals surface area (Å²) in [4.78, 5) is 23.8. The molecular weight excluding hydrogens is 220 g/mol. The van der Waals surface area contributed by atoms with Gasteiger partial charge in [0.2, 0.25) is 5.91 Å². The van der Waals surface area contributed by atoms with Gasteiger partial charge in [0.25, 0.3) is 0 Å². The average molecular weight is 244 g/mol. The largest absolute Gasteiger partial charge is 0.480 e. The molecule has 0 saturated carbocycles. The van der Waals surface area contributed by atoms with E-state index in [0.717, 1.165) is 19.4 Å². The predicted molar refractivity (Wildman–Crippen MR) is 66.9 cm³/mol. The van der Waals surface area contributed by atoms with Crippen LogP contribution in [0.3, 0.4) is 0 Å². The molecule has 0 atom stereocenters. The van der Waals surface area contributed by atoms with Crippen molar-refractivity contribution in [2.24, 2.45) is 0 Å². The first-order valence-corrected chi connectivity index (χ1v) is 6.20. The minimum absolute atomic E-state index is 0.0696. The lowest BCUT2D eigenvalue weighted by Crippen LogP contribution is -2.36. The third-order valence-corrected chi connectivity index (χ3v) is 2.29. The Bertz CT molecular complexity index is 242. The second-order valence-corrected chi connectivity index (χ2v) is 4.42. The van der Waals surface area contributed by atoms with Gasteiger partial charge in [0.05, 0.1) is 0 Å². The van der Waals surface area contributed by atoms with Crippen molar-refractivity contribution in [2.75, 3.05) is 19.6 Å². The number of nitrogens with zero attached hydrogens (tertiary/aromatic N) is 1. The molecule has 5 nitrogen and oxygen atoms in total. The third-order valence-electron chi connectivity index (χ3n) is 2.29. The van der Waals surface area contributed by atoms with E-state index in [4.69, 9.17) is 5.11 Å². The fourth-order valence-corrected chi connectivity index (χ4v) is 1.51. The van der Waals surface area contributed by atoms with Crippen molar-refractivity contribution in [3.63, 3.8) is 0 Å². The number of carbonyl (C=O) groups is 2. The molecule has 0 aliphatic rings. The van der Waals surface area contributed by atoms with E-state index in [9.17, 15) is 9.59 Å². The highest BCUT2D eigenvalue weighted by molar-refractivity contribution is 5.81. The fourth-order valence-electron chi connectivity index (χ4n) is 1.51. The van der Waals surface area contributed by atoms with E-state index in [1.165, 1.54) is 4.90 Å². The Labute approximate surface area is 103 Å². The zero-order valence-electron chi connectivity index (χ0n) is 11.0. The first-order chi connectivity index (χ1) is 7.97. The first-order valence-electron chi connectivity index (χ1n) is 6.20. The van der Waals surface area contributed by atoms with Gasteiger partial charge in [0, 0.05) is 19.0 Å². The van der Waals surface area contributed by atoms with E-state index in [1.807, 2.05) is 6.92 Å². The number of hydrogen-bond acceptors (Lipinski definition) is 3. The van der Waals surface area contributed by atoms with Crippen LogP contribution in [0.5, 0.6) is 0 Å². The molecule has 0 aromatic carbocycles. The van der Waals surface area contributed by atoms with Gasteiger partial charge in [0.1, 0.15) is 6.54 Å². The molecule has 0 heterocycles. The van der Waals surface area contributed by atoms with Crippen molar-refractivity contribution in [3.8, 4) is 0 Å². The highest BCUT2D eigenvalue weighted by Crippen LogP contribution is 1.99. The maximum absolute atomic E-state index is 11.7. The summed E-state index contributed by atoms with van der Waals surface area (Å²) in [5.41, 5.74) is 0. The molecule has 0 radical (unpaired) electrons. The molecule has 0 spiro atoms. The number of hydrogen-bond donors (Lipinski definition) is 2. The van der Waals surface area contributed by atoms with E-state index in [1.54, 1.807) is 0 Å². The topological polar surface area (TPSA) is 69.6 Å². The summed E-state index contributed by atoms with van der Waals surface area (Å²) in [5.74, 6) is -1.02. The Morgan fingerprint density at radius 2 is 2.00 bits per heavy atom. The van der Waals surface area contributed by atoms with Gasteiger partial charge in [-0.15, -0.1) is 0 Å². The van der Waals surface area contributed by atoms with Crippen molar-refractivity contribution in [3.05, 3.63) is 0 Å². The number of rotatable bonds is 9. The molecule has 0 bridgehead atoms. The quantitative estimate of drug-likeness (QED) is 0.596. The predicted octanol–water partition coefficient (Wildman–Crippen LogP) is 1.09. The molecule has 17 heavy (non-hydrogen) atoms. The summed E-state index contributed by atoms with van der Waals surface area (Å²) in [7, 11) is 0. The summed E-state index contributed by atoms with van der Waals surface area (Å²) in [6, 6.07) is 0.413. The van der Waals surface area contributed by atoms with E-state index in [-0.39, 0.29) is 12.5 Å². The fraction of sp³-hybridized carbons (Fsp3) is 0.833. The molecule has 0 saturated heterocycles. The van der Waals surface area contributed by atoms with Crippen LogP contribution in [-0.2, 0) is 9.59 Å². The highest BCUT2D eigenvalue weighted by atomic mass is 16.4. The average Bonchev–Trinajstić information content (AvgIpc) is 2.22. The number of carboxylic acid groups (broad SMARTS) is 1. The van der Waals surface area contributed by atoms with Gasteiger partial charge >= 0.3 is 5.97 Å². The maximum Gasteiger partial charge on any atom is 0.323 e. The number of carboxylic acids is 1. The summed E-state index contributed by atoms with van der Waals surface area (Å²) in [5, 5.41) is 11.9. The highest BCUT2D eigenvalue weighted by Gasteiger charge is 2.15. The summed E-state index contributed by atoms with van der Waals surface area (Å²) < 4.78 is 0. The normalized spacial score (nSPS) is 10.6. The molecule has 0 rings (SSSR count). The van der Waals surface area contributed by atoms with Gasteiger partial charge in [-0.05, 0) is 19.4 Å². The Morgan fingerprint density at radius 1 is 1.35 bits per heavy atom. The number of nitrogens with one attached hydrogen (secondary N) is 1. The van der Waals surface area contributed by atoms with Crippen LogP contribution < -0.4 is 5.32 Å². The molecule has 0 aromatic rings. The van der Waals surface area contributed by atoms with Gasteiger partial charge in [-0.2, -0.15) is 0 Å². The van der Waals surface area contributed by atoms with Gasteiger partial charge in [-0.1, -0.05) is 20.8 Å². The molecule has 2 N–H and O–H groups in total. The standard InChI is InChI=1S/C12H24N2O3/c1-4-8-14(9-12(16)17)11(15)6-5-7-13-10(2)3/h10,13H,4-9H2,1-3H3,(H,16,17). The SMILES string of the molecule is CCCN(CC(=O)O)C(=O)CCCNC(C)C. The van der Waals surface area contributed by atoms with Gasteiger partial charge < -0.3 is 15.3 Å². The van der Waals surface area contributed by atoms with Crippen LogP contribution in [0.15, 0.2) is 0 Å². The molecule has 100 valence electrons. The van der Waals surface area contributed by atoms with E-state index in [2.05, 4.69) is 19.2 Å². The molecule has 0 aliphatic heterocycles. The van der Waals surface area contributed by atoms with Crippen LogP contribution in [0.25, 0.3) is 0 Å². The molecule has 0 aromatic heterocycles. The third kappa shape index (κ3) is 8.68. The van der Waals surface area contributed by atoms with Crippen molar-refractivity contribution in [1.82, 2.24) is 10.2 Å². The van der Waals surface area contributed by atoms with E-state index < -0.39 is 5.97 Å². The monoisotopic (exact) mass is 244 g/mol. The maximum atomic E-state index is 11.7. The van der Waals surface area contributed by atoms with E-state index >= 15 is 0 Å². The van der Waals surface area contributed by atoms with E-state index in [0.29, 0.717) is 19.0 Å². The van der Waals surface area contributed by atoms with Crippen LogP contribution >= 0.6 is 0 Å². The minimum Gasteiger partial charge on any atom is -0.480 e. The molecule has 5 heteroatoms. The second kappa shape index (κ2) is 8.98. The van der Waals surface area contributed by atoms with Gasteiger partial charge in [-0.25, -0.2) is 0 Å². The second-order valence-electron chi connectivity index (χ2n) is 4.42. The molecular formula is C12H24N2O3. The van der Waals surface area contributed by atoms with Gasteiger partial charge in [0.15, 0.2) is 0 Å². The lowest BCUT2D eigenvalue weighted by atomic mass is 10.2. The summed E-state index contributed by atoms with van der Waals surface area (Å²) >= 11 is 0. The Balaban J connectivity index is 3.92. The lowest BCUT2D eigenvalue weighted by molar-refractivity contribution is -0.144. The molecule has 0 aliphatic carbocycles. The number of carbonyl (C=O) groups excluding carboxylic acids is 1. The van der Waals surface area contributed by atoms with Crippen LogP contribution in [-0.4, -0.2) is 47.6 Å². The molecule has 1 amide bonds.